The predicted octanol–water partition coefficient (Wildman–Crippen LogP) is 4.70. The number of carbonyl (C=O) groups is 1. The van der Waals surface area contributed by atoms with Crippen molar-refractivity contribution in [3.05, 3.63) is 0 Å². The Morgan fingerprint density at radius 2 is 1.75 bits per heavy atom. The van der Waals surface area contributed by atoms with Crippen molar-refractivity contribution in [1.82, 2.24) is 0 Å². The van der Waals surface area contributed by atoms with Gasteiger partial charge in [0.2, 0.25) is 6.29 Å². The zero-order chi connectivity index (χ0) is 18.4. The summed E-state index contributed by atoms with van der Waals surface area (Å²) in [6.07, 6.45) is 2.38. The molecular weight excluding hydrogens is 316 g/mol. The molecule has 0 aliphatic carbocycles. The van der Waals surface area contributed by atoms with Crippen molar-refractivity contribution in [3.63, 3.8) is 0 Å². The van der Waals surface area contributed by atoms with Gasteiger partial charge >= 0.3 is 6.16 Å². The molecule has 0 aromatic rings. The predicted molar refractivity (Wildman–Crippen MR) is 86.3 cm³/mol. The van der Waals surface area contributed by atoms with Crippen LogP contribution in [0.5, 0.6) is 0 Å². The number of unbranched alkanes of at least 4 members (excludes halogenated alkanes) is 1. The van der Waals surface area contributed by atoms with Gasteiger partial charge < -0.3 is 4.74 Å². The normalized spacial score (nSPS) is 18.1. The van der Waals surface area contributed by atoms with E-state index in [0.29, 0.717) is 0 Å². The van der Waals surface area contributed by atoms with E-state index < -0.39 is 17.2 Å². The van der Waals surface area contributed by atoms with Gasteiger partial charge in [-0.1, -0.05) is 47.0 Å². The third-order valence-corrected chi connectivity index (χ3v) is 4.05. The van der Waals surface area contributed by atoms with Crippen LogP contribution in [-0.4, -0.2) is 24.2 Å². The molecule has 24 heavy (non-hydrogen) atoms. The monoisotopic (exact) mass is 348 g/mol. The average Bonchev–Trinajstić information content (AvgIpc) is 3.28. The SMILES string of the molecule is CCCCC(CC)C(OOOC(=O)OC(C)(C)C)C(C)(C)C1OO1. The van der Waals surface area contributed by atoms with Gasteiger partial charge in [0.25, 0.3) is 0 Å². The Bertz CT molecular complexity index is 385. The highest BCUT2D eigenvalue weighted by atomic mass is 17.5. The van der Waals surface area contributed by atoms with Crippen LogP contribution < -0.4 is 0 Å². The second-order valence-electron chi connectivity index (χ2n) is 7.79. The quantitative estimate of drug-likeness (QED) is 0.245. The summed E-state index contributed by atoms with van der Waals surface area (Å²) >= 11 is 0. The largest absolute Gasteiger partial charge is 0.543 e. The molecule has 0 N–H and O–H groups in total. The smallest absolute Gasteiger partial charge is 0.427 e. The van der Waals surface area contributed by atoms with Crippen LogP contribution in [0.3, 0.4) is 0 Å². The van der Waals surface area contributed by atoms with E-state index in [2.05, 4.69) is 18.7 Å². The summed E-state index contributed by atoms with van der Waals surface area (Å²) in [5.41, 5.74) is -1.12. The molecule has 1 rings (SSSR count). The first-order valence-electron chi connectivity index (χ1n) is 8.66. The lowest BCUT2D eigenvalue weighted by Gasteiger charge is -2.34. The van der Waals surface area contributed by atoms with E-state index in [-0.39, 0.29) is 18.3 Å². The van der Waals surface area contributed by atoms with Crippen LogP contribution in [-0.2, 0) is 29.3 Å². The van der Waals surface area contributed by atoms with Crippen molar-refractivity contribution in [3.8, 4) is 0 Å². The number of carbonyl (C=O) groups excluding carboxylic acids is 1. The van der Waals surface area contributed by atoms with Crippen LogP contribution >= 0.6 is 0 Å². The van der Waals surface area contributed by atoms with E-state index in [1.807, 2.05) is 13.8 Å². The van der Waals surface area contributed by atoms with Crippen molar-refractivity contribution in [2.24, 2.45) is 11.3 Å². The number of hydrogen-bond donors (Lipinski definition) is 0. The minimum atomic E-state index is -0.945. The molecule has 1 aliphatic rings. The molecule has 0 aromatic heterocycles. The van der Waals surface area contributed by atoms with Gasteiger partial charge in [0.15, 0.2) is 0 Å². The minimum absolute atomic E-state index is 0.218. The molecule has 1 saturated heterocycles. The van der Waals surface area contributed by atoms with Crippen LogP contribution in [0.4, 0.5) is 4.79 Å². The lowest BCUT2D eigenvalue weighted by Crippen LogP contribution is -2.42. The molecule has 0 amide bonds. The highest BCUT2D eigenvalue weighted by Crippen LogP contribution is 2.43. The molecule has 7 heteroatoms. The molecular formula is C17H32O7. The van der Waals surface area contributed by atoms with Gasteiger partial charge in [-0.3, -0.25) is 0 Å². The fourth-order valence-electron chi connectivity index (χ4n) is 2.61. The maximum absolute atomic E-state index is 11.5. The van der Waals surface area contributed by atoms with Crippen molar-refractivity contribution < 1.29 is 34.1 Å². The Kier molecular flexibility index (Phi) is 7.92. The maximum atomic E-state index is 11.5. The molecule has 2 unspecified atom stereocenters. The van der Waals surface area contributed by atoms with Crippen molar-refractivity contribution in [1.29, 1.82) is 0 Å². The molecule has 0 bridgehead atoms. The standard InChI is InChI=1S/C17H32O7/c1-8-10-11-12(9-2)13(17(6,7)14-21-22-14)20-24-23-15(18)19-16(3,4)5/h12-14H,8-11H2,1-7H3. The molecule has 0 radical (unpaired) electrons. The van der Waals surface area contributed by atoms with Crippen LogP contribution in [0.15, 0.2) is 0 Å². The summed E-state index contributed by atoms with van der Waals surface area (Å²) in [4.78, 5) is 31.5. The first kappa shape index (κ1) is 21.2. The second-order valence-corrected chi connectivity index (χ2v) is 7.79. The molecule has 1 heterocycles. The number of ether oxygens (including phenoxy) is 1. The topological polar surface area (TPSA) is 79.1 Å². The molecule has 0 spiro atoms. The Labute approximate surface area is 144 Å². The summed E-state index contributed by atoms with van der Waals surface area (Å²) in [5.74, 6) is 0.218. The van der Waals surface area contributed by atoms with Crippen LogP contribution in [0, 0.1) is 11.3 Å². The van der Waals surface area contributed by atoms with Crippen LogP contribution in [0.25, 0.3) is 0 Å². The van der Waals surface area contributed by atoms with E-state index in [1.54, 1.807) is 20.8 Å². The van der Waals surface area contributed by atoms with E-state index in [4.69, 9.17) is 24.4 Å². The van der Waals surface area contributed by atoms with Crippen molar-refractivity contribution >= 4 is 6.16 Å². The first-order chi connectivity index (χ1) is 11.1. The Hall–Kier alpha value is -0.890. The molecule has 1 fully saturated rings. The average molecular weight is 348 g/mol. The Morgan fingerprint density at radius 1 is 1.12 bits per heavy atom. The van der Waals surface area contributed by atoms with Gasteiger partial charge in [-0.15, -0.1) is 0 Å². The summed E-state index contributed by atoms with van der Waals surface area (Å²) in [5, 5.41) is 4.74. The fraction of sp³-hybridized carbons (Fsp3) is 0.941. The Morgan fingerprint density at radius 3 is 2.21 bits per heavy atom. The third-order valence-electron chi connectivity index (χ3n) is 4.05. The summed E-state index contributed by atoms with van der Waals surface area (Å²) < 4.78 is 5.00. The number of hydrogen-bond acceptors (Lipinski definition) is 7. The molecule has 1 aliphatic heterocycles. The van der Waals surface area contributed by atoms with E-state index in [0.717, 1.165) is 25.7 Å². The molecule has 0 saturated carbocycles. The second kappa shape index (κ2) is 8.99. The summed E-state index contributed by atoms with van der Waals surface area (Å²) in [6, 6.07) is 0. The zero-order valence-corrected chi connectivity index (χ0v) is 15.9. The van der Waals surface area contributed by atoms with Gasteiger partial charge in [-0.2, -0.15) is 14.7 Å². The highest BCUT2D eigenvalue weighted by molar-refractivity contribution is 5.59. The van der Waals surface area contributed by atoms with Crippen LogP contribution in [0.2, 0.25) is 0 Å². The van der Waals surface area contributed by atoms with E-state index >= 15 is 0 Å². The van der Waals surface area contributed by atoms with E-state index in [9.17, 15) is 4.79 Å². The third kappa shape index (κ3) is 6.93. The van der Waals surface area contributed by atoms with Gasteiger partial charge in [0, 0.05) is 0 Å². The van der Waals surface area contributed by atoms with Gasteiger partial charge in [-0.25, -0.2) is 9.68 Å². The van der Waals surface area contributed by atoms with Crippen molar-refractivity contribution in [2.75, 3.05) is 0 Å². The zero-order valence-electron chi connectivity index (χ0n) is 15.9. The first-order valence-corrected chi connectivity index (χ1v) is 8.66. The fourth-order valence-corrected chi connectivity index (χ4v) is 2.61. The van der Waals surface area contributed by atoms with Gasteiger partial charge in [-0.05, 0) is 38.1 Å². The summed E-state index contributed by atoms with van der Waals surface area (Å²) in [7, 11) is 0. The van der Waals surface area contributed by atoms with Gasteiger partial charge in [0.1, 0.15) is 11.7 Å². The molecule has 142 valence electrons. The maximum Gasteiger partial charge on any atom is 0.543 e. The lowest BCUT2D eigenvalue weighted by molar-refractivity contribution is -0.515. The number of rotatable bonds is 10. The minimum Gasteiger partial charge on any atom is -0.427 e. The summed E-state index contributed by atoms with van der Waals surface area (Å²) in [6.45, 7) is 13.4. The van der Waals surface area contributed by atoms with Crippen LogP contribution in [0.1, 0.15) is 74.1 Å². The molecule has 2 atom stereocenters. The van der Waals surface area contributed by atoms with Gasteiger partial charge in [0.05, 0.1) is 5.41 Å². The molecule has 0 aromatic carbocycles. The van der Waals surface area contributed by atoms with Crippen molar-refractivity contribution in [2.45, 2.75) is 92.1 Å². The van der Waals surface area contributed by atoms with E-state index in [1.165, 1.54) is 0 Å². The Balaban J connectivity index is 2.63. The molecule has 7 nitrogen and oxygen atoms in total. The lowest BCUT2D eigenvalue weighted by atomic mass is 9.76. The highest BCUT2D eigenvalue weighted by Gasteiger charge is 2.51.